The van der Waals surface area contributed by atoms with Crippen molar-refractivity contribution in [2.24, 2.45) is 5.92 Å². The molecule has 0 atom stereocenters. The summed E-state index contributed by atoms with van der Waals surface area (Å²) in [5.74, 6) is -0.143. The summed E-state index contributed by atoms with van der Waals surface area (Å²) >= 11 is 1.44. The van der Waals surface area contributed by atoms with E-state index in [2.05, 4.69) is 39.9 Å². The van der Waals surface area contributed by atoms with Crippen molar-refractivity contribution in [3.05, 3.63) is 96.1 Å². The van der Waals surface area contributed by atoms with E-state index in [1.807, 2.05) is 81.4 Å². The van der Waals surface area contributed by atoms with E-state index in [1.165, 1.54) is 22.5 Å². The number of aromatic nitrogens is 1. The molecule has 5 rings (SSSR count). The Bertz CT molecular complexity index is 1520. The highest BCUT2D eigenvalue weighted by Crippen LogP contribution is 2.29. The van der Waals surface area contributed by atoms with Crippen molar-refractivity contribution >= 4 is 44.7 Å². The zero-order chi connectivity index (χ0) is 32.5. The molecule has 4 aromatic rings. The molecule has 4 amide bonds. The molecule has 10 heteroatoms. The quantitative estimate of drug-likeness (QED) is 0.192. The first kappa shape index (κ1) is 32.9. The first-order chi connectivity index (χ1) is 22.2. The molecule has 0 unspecified atom stereocenters. The van der Waals surface area contributed by atoms with Gasteiger partial charge in [0.2, 0.25) is 5.91 Å². The van der Waals surface area contributed by atoms with Gasteiger partial charge in [0.25, 0.3) is 0 Å². The van der Waals surface area contributed by atoms with Crippen molar-refractivity contribution in [1.29, 1.82) is 0 Å². The normalized spacial score (nSPS) is 13.9. The molecule has 9 nitrogen and oxygen atoms in total. The molecule has 1 aliphatic rings. The molecular formula is C36H43N5O4S. The van der Waals surface area contributed by atoms with E-state index >= 15 is 0 Å². The minimum absolute atomic E-state index is 0.0539. The molecular weight excluding hydrogens is 598 g/mol. The molecule has 242 valence electrons. The fourth-order valence-corrected chi connectivity index (χ4v) is 6.56. The zero-order valence-electron chi connectivity index (χ0n) is 26.8. The molecule has 1 aromatic heterocycles. The summed E-state index contributed by atoms with van der Waals surface area (Å²) in [6.07, 6.45) is 1.51. The van der Waals surface area contributed by atoms with Gasteiger partial charge in [0.05, 0.1) is 10.2 Å². The number of ether oxygens (including phenoxy) is 1. The van der Waals surface area contributed by atoms with Crippen LogP contribution in [0.3, 0.4) is 0 Å². The number of rotatable bonds is 10. The number of hydrogen-bond acceptors (Lipinski definition) is 6. The van der Waals surface area contributed by atoms with Gasteiger partial charge in [0.15, 0.2) is 5.13 Å². The van der Waals surface area contributed by atoms with Gasteiger partial charge < -0.3 is 19.9 Å². The second kappa shape index (κ2) is 15.2. The number of fused-ring (bicyclic) bond motifs is 1. The van der Waals surface area contributed by atoms with Crippen LogP contribution in [0.4, 0.5) is 14.7 Å². The Morgan fingerprint density at radius 2 is 1.52 bits per heavy atom. The molecule has 0 radical (unpaired) electrons. The van der Waals surface area contributed by atoms with Crippen molar-refractivity contribution in [2.45, 2.75) is 51.6 Å². The molecule has 0 aliphatic carbocycles. The molecule has 0 saturated carbocycles. The molecule has 0 bridgehead atoms. The average Bonchev–Trinajstić information content (AvgIpc) is 3.46. The predicted molar refractivity (Wildman–Crippen MR) is 183 cm³/mol. The summed E-state index contributed by atoms with van der Waals surface area (Å²) in [6, 6.07) is 28.2. The Morgan fingerprint density at radius 1 is 0.913 bits per heavy atom. The second-order valence-electron chi connectivity index (χ2n) is 12.6. The summed E-state index contributed by atoms with van der Waals surface area (Å²) in [4.78, 5) is 47.2. The SMILES string of the molecule is CC(C)(C)OC(=O)N1CCC(C(=O)NCCN(CCC(c2ccccc2)c2ccccc2)C(=O)Nc2nc3ccccc3s2)CC1. The molecule has 0 spiro atoms. The van der Waals surface area contributed by atoms with Crippen LogP contribution >= 0.6 is 11.3 Å². The van der Waals surface area contributed by atoms with E-state index in [4.69, 9.17) is 4.74 Å². The number of carbonyl (C=O) groups is 3. The summed E-state index contributed by atoms with van der Waals surface area (Å²) in [5, 5.41) is 6.59. The van der Waals surface area contributed by atoms with Crippen molar-refractivity contribution in [1.82, 2.24) is 20.1 Å². The highest BCUT2D eigenvalue weighted by atomic mass is 32.1. The molecule has 1 fully saturated rings. The fourth-order valence-electron chi connectivity index (χ4n) is 5.70. The Hall–Kier alpha value is -4.44. The maximum absolute atomic E-state index is 13.7. The predicted octanol–water partition coefficient (Wildman–Crippen LogP) is 7.12. The van der Waals surface area contributed by atoms with Crippen LogP contribution in [0, 0.1) is 5.92 Å². The number of para-hydroxylation sites is 1. The Kier molecular flexibility index (Phi) is 10.9. The highest BCUT2D eigenvalue weighted by Gasteiger charge is 2.30. The Labute approximate surface area is 275 Å². The number of piperidine rings is 1. The van der Waals surface area contributed by atoms with Gasteiger partial charge >= 0.3 is 12.1 Å². The largest absolute Gasteiger partial charge is 0.444 e. The van der Waals surface area contributed by atoms with E-state index < -0.39 is 5.60 Å². The van der Waals surface area contributed by atoms with Crippen LogP contribution in [0.25, 0.3) is 10.2 Å². The van der Waals surface area contributed by atoms with Crippen molar-refractivity contribution in [3.63, 3.8) is 0 Å². The van der Waals surface area contributed by atoms with Crippen LogP contribution < -0.4 is 10.6 Å². The molecule has 1 aliphatic heterocycles. The number of carbonyl (C=O) groups excluding carboxylic acids is 3. The number of thiazole rings is 1. The van der Waals surface area contributed by atoms with Crippen molar-refractivity contribution in [3.8, 4) is 0 Å². The number of benzene rings is 3. The van der Waals surface area contributed by atoms with Crippen LogP contribution in [-0.2, 0) is 9.53 Å². The van der Waals surface area contributed by atoms with E-state index in [-0.39, 0.29) is 29.9 Å². The minimum atomic E-state index is -0.557. The third-order valence-corrected chi connectivity index (χ3v) is 9.04. The molecule has 3 aromatic carbocycles. The van der Waals surface area contributed by atoms with Crippen LogP contribution in [-0.4, -0.2) is 71.1 Å². The van der Waals surface area contributed by atoms with Gasteiger partial charge in [-0.3, -0.25) is 10.1 Å². The standard InChI is InChI=1S/C36H43N5O4S/c1-36(2,3)45-35(44)41-22-18-28(19-23-41)32(42)37-21-25-40(34(43)39-33-38-30-16-10-11-17-31(30)46-33)24-20-29(26-12-6-4-7-13-26)27-14-8-5-9-15-27/h4-17,28-29H,18-25H2,1-3H3,(H,37,42)(H,38,39,43). The summed E-state index contributed by atoms with van der Waals surface area (Å²) < 4.78 is 6.48. The maximum Gasteiger partial charge on any atom is 0.410 e. The summed E-state index contributed by atoms with van der Waals surface area (Å²) in [5.41, 5.74) is 2.66. The average molecular weight is 642 g/mol. The first-order valence-electron chi connectivity index (χ1n) is 15.9. The van der Waals surface area contributed by atoms with E-state index in [9.17, 15) is 14.4 Å². The molecule has 2 heterocycles. The number of hydrogen-bond donors (Lipinski definition) is 2. The Morgan fingerprint density at radius 3 is 2.13 bits per heavy atom. The second-order valence-corrected chi connectivity index (χ2v) is 13.6. The van der Waals surface area contributed by atoms with Gasteiger partial charge in [-0.1, -0.05) is 84.1 Å². The number of urea groups is 1. The van der Waals surface area contributed by atoms with Crippen LogP contribution in [0.15, 0.2) is 84.9 Å². The van der Waals surface area contributed by atoms with Gasteiger partial charge in [-0.05, 0) is 63.3 Å². The van der Waals surface area contributed by atoms with E-state index in [1.54, 1.807) is 9.80 Å². The lowest BCUT2D eigenvalue weighted by molar-refractivity contribution is -0.126. The van der Waals surface area contributed by atoms with Crippen LogP contribution in [0.1, 0.15) is 57.1 Å². The monoisotopic (exact) mass is 641 g/mol. The third kappa shape index (κ3) is 9.06. The highest BCUT2D eigenvalue weighted by molar-refractivity contribution is 7.22. The number of likely N-dealkylation sites (tertiary alicyclic amines) is 1. The number of anilines is 1. The van der Waals surface area contributed by atoms with Gasteiger partial charge in [-0.15, -0.1) is 0 Å². The van der Waals surface area contributed by atoms with Crippen molar-refractivity contribution in [2.75, 3.05) is 38.0 Å². The smallest absolute Gasteiger partial charge is 0.410 e. The number of amides is 4. The van der Waals surface area contributed by atoms with Crippen LogP contribution in [0.2, 0.25) is 0 Å². The third-order valence-electron chi connectivity index (χ3n) is 8.08. The lowest BCUT2D eigenvalue weighted by atomic mass is 9.88. The topological polar surface area (TPSA) is 104 Å². The summed E-state index contributed by atoms with van der Waals surface area (Å²) in [7, 11) is 0. The van der Waals surface area contributed by atoms with Crippen LogP contribution in [0.5, 0.6) is 0 Å². The number of nitrogens with one attached hydrogen (secondary N) is 2. The first-order valence-corrected chi connectivity index (χ1v) is 16.7. The van der Waals surface area contributed by atoms with Gasteiger partial charge in [-0.2, -0.15) is 0 Å². The van der Waals surface area contributed by atoms with E-state index in [0.717, 1.165) is 10.2 Å². The number of nitrogens with zero attached hydrogens (tertiary/aromatic N) is 3. The van der Waals surface area contributed by atoms with E-state index in [0.29, 0.717) is 57.1 Å². The lowest BCUT2D eigenvalue weighted by Gasteiger charge is -2.33. The Balaban J connectivity index is 1.22. The molecule has 2 N–H and O–H groups in total. The summed E-state index contributed by atoms with van der Waals surface area (Å²) in [6.45, 7) is 7.63. The zero-order valence-corrected chi connectivity index (χ0v) is 27.6. The van der Waals surface area contributed by atoms with Gasteiger partial charge in [-0.25, -0.2) is 14.6 Å². The minimum Gasteiger partial charge on any atom is -0.444 e. The van der Waals surface area contributed by atoms with Crippen molar-refractivity contribution < 1.29 is 19.1 Å². The van der Waals surface area contributed by atoms with Gasteiger partial charge in [0.1, 0.15) is 5.60 Å². The maximum atomic E-state index is 13.7. The molecule has 46 heavy (non-hydrogen) atoms. The molecule has 1 saturated heterocycles. The van der Waals surface area contributed by atoms with Gasteiger partial charge in [0, 0.05) is 44.6 Å². The lowest BCUT2D eigenvalue weighted by Crippen LogP contribution is -2.46. The fraction of sp³-hybridized carbons (Fsp3) is 0.389.